The summed E-state index contributed by atoms with van der Waals surface area (Å²) in [6, 6.07) is 6.27. The number of anilines is 1. The SMILES string of the molecule is CS(=O)(=O)c1cc(NC2CCCCC2n2cccn2)ccc1[N+](=O)[O-]. The van der Waals surface area contributed by atoms with Gasteiger partial charge in [0.1, 0.15) is 4.90 Å². The predicted octanol–water partition coefficient (Wildman–Crippen LogP) is 2.79. The lowest BCUT2D eigenvalue weighted by molar-refractivity contribution is -0.387. The van der Waals surface area contributed by atoms with Gasteiger partial charge in [0.15, 0.2) is 9.84 Å². The average molecular weight is 364 g/mol. The Bertz CT molecular complexity index is 864. The number of rotatable bonds is 5. The van der Waals surface area contributed by atoms with E-state index < -0.39 is 20.4 Å². The van der Waals surface area contributed by atoms with E-state index in [1.807, 2.05) is 16.9 Å². The minimum absolute atomic E-state index is 0.0857. The van der Waals surface area contributed by atoms with Gasteiger partial charge in [0.25, 0.3) is 5.69 Å². The van der Waals surface area contributed by atoms with Crippen molar-refractivity contribution in [1.29, 1.82) is 0 Å². The number of nitrogens with zero attached hydrogens (tertiary/aromatic N) is 3. The number of sulfone groups is 1. The van der Waals surface area contributed by atoms with E-state index in [0.29, 0.717) is 5.69 Å². The molecule has 0 amide bonds. The minimum Gasteiger partial charge on any atom is -0.380 e. The van der Waals surface area contributed by atoms with Crippen molar-refractivity contribution in [3.05, 3.63) is 46.8 Å². The molecule has 1 aliphatic rings. The molecule has 8 nitrogen and oxygen atoms in total. The van der Waals surface area contributed by atoms with Crippen LogP contribution in [0.5, 0.6) is 0 Å². The van der Waals surface area contributed by atoms with Crippen LogP contribution >= 0.6 is 0 Å². The molecule has 2 unspecified atom stereocenters. The summed E-state index contributed by atoms with van der Waals surface area (Å²) in [5.41, 5.74) is 0.162. The Labute approximate surface area is 145 Å². The van der Waals surface area contributed by atoms with Gasteiger partial charge in [0.2, 0.25) is 0 Å². The Kier molecular flexibility index (Phi) is 4.76. The highest BCUT2D eigenvalue weighted by atomic mass is 32.2. The van der Waals surface area contributed by atoms with Gasteiger partial charge in [-0.25, -0.2) is 8.42 Å². The quantitative estimate of drug-likeness (QED) is 0.646. The number of hydrogen-bond acceptors (Lipinski definition) is 6. The summed E-state index contributed by atoms with van der Waals surface area (Å²) in [5, 5.41) is 18.8. The number of benzene rings is 1. The lowest BCUT2D eigenvalue weighted by atomic mass is 9.90. The lowest BCUT2D eigenvalue weighted by Gasteiger charge is -2.33. The first-order chi connectivity index (χ1) is 11.9. The molecule has 1 aromatic heterocycles. The van der Waals surface area contributed by atoms with E-state index in [0.717, 1.165) is 31.9 Å². The summed E-state index contributed by atoms with van der Waals surface area (Å²) in [6.45, 7) is 0. The zero-order valence-corrected chi connectivity index (χ0v) is 14.6. The van der Waals surface area contributed by atoms with Crippen LogP contribution in [0.25, 0.3) is 0 Å². The Morgan fingerprint density at radius 2 is 2.08 bits per heavy atom. The Balaban J connectivity index is 1.90. The maximum atomic E-state index is 11.9. The number of nitrogens with one attached hydrogen (secondary N) is 1. The molecule has 3 rings (SSSR count). The Morgan fingerprint density at radius 1 is 1.32 bits per heavy atom. The van der Waals surface area contributed by atoms with Crippen LogP contribution in [0.2, 0.25) is 0 Å². The van der Waals surface area contributed by atoms with E-state index in [-0.39, 0.29) is 17.0 Å². The zero-order valence-electron chi connectivity index (χ0n) is 13.8. The second kappa shape index (κ2) is 6.83. The molecule has 0 radical (unpaired) electrons. The fourth-order valence-electron chi connectivity index (χ4n) is 3.34. The third-order valence-corrected chi connectivity index (χ3v) is 5.63. The van der Waals surface area contributed by atoms with Crippen LogP contribution in [0.1, 0.15) is 31.7 Å². The van der Waals surface area contributed by atoms with Gasteiger partial charge in [-0.2, -0.15) is 5.10 Å². The summed E-state index contributed by atoms with van der Waals surface area (Å²) in [7, 11) is -3.70. The molecule has 1 heterocycles. The van der Waals surface area contributed by atoms with Crippen LogP contribution in [0.4, 0.5) is 11.4 Å². The number of hydrogen-bond donors (Lipinski definition) is 1. The van der Waals surface area contributed by atoms with Crippen LogP contribution in [0, 0.1) is 10.1 Å². The first kappa shape index (κ1) is 17.4. The van der Waals surface area contributed by atoms with Gasteiger partial charge in [-0.05, 0) is 31.0 Å². The normalized spacial score (nSPS) is 21.0. The van der Waals surface area contributed by atoms with Crippen molar-refractivity contribution in [2.24, 2.45) is 0 Å². The molecule has 0 saturated heterocycles. The van der Waals surface area contributed by atoms with Gasteiger partial charge in [-0.1, -0.05) is 12.8 Å². The molecular weight excluding hydrogens is 344 g/mol. The number of nitro benzene ring substituents is 1. The molecule has 1 aromatic carbocycles. The van der Waals surface area contributed by atoms with Crippen molar-refractivity contribution in [2.45, 2.75) is 42.7 Å². The van der Waals surface area contributed by atoms with Crippen LogP contribution in [-0.2, 0) is 9.84 Å². The largest absolute Gasteiger partial charge is 0.380 e. The fraction of sp³-hybridized carbons (Fsp3) is 0.438. The highest BCUT2D eigenvalue weighted by molar-refractivity contribution is 7.90. The molecule has 1 aliphatic carbocycles. The molecule has 134 valence electrons. The van der Waals surface area contributed by atoms with E-state index in [1.165, 1.54) is 12.1 Å². The van der Waals surface area contributed by atoms with Crippen molar-refractivity contribution in [2.75, 3.05) is 11.6 Å². The van der Waals surface area contributed by atoms with Gasteiger partial charge in [0.05, 0.1) is 11.0 Å². The average Bonchev–Trinajstić information content (AvgIpc) is 3.08. The van der Waals surface area contributed by atoms with Crippen LogP contribution in [-0.4, -0.2) is 35.4 Å². The molecule has 0 spiro atoms. The molecule has 2 aromatic rings. The summed E-state index contributed by atoms with van der Waals surface area (Å²) >= 11 is 0. The standard InChI is InChI=1S/C16H20N4O4S/c1-25(23,24)16-11-12(7-8-15(16)20(21)22)18-13-5-2-3-6-14(13)19-10-4-9-17-19/h4,7-11,13-14,18H,2-3,5-6H2,1H3. The maximum Gasteiger partial charge on any atom is 0.288 e. The third kappa shape index (κ3) is 3.81. The molecule has 0 aliphatic heterocycles. The maximum absolute atomic E-state index is 11.9. The predicted molar refractivity (Wildman–Crippen MR) is 93.3 cm³/mol. The molecule has 1 fully saturated rings. The fourth-order valence-corrected chi connectivity index (χ4v) is 4.20. The summed E-state index contributed by atoms with van der Waals surface area (Å²) in [6.07, 6.45) is 8.72. The number of nitro groups is 1. The summed E-state index contributed by atoms with van der Waals surface area (Å²) < 4.78 is 25.7. The molecule has 2 atom stereocenters. The first-order valence-corrected chi connectivity index (χ1v) is 9.99. The highest BCUT2D eigenvalue weighted by Gasteiger charge is 2.28. The Morgan fingerprint density at radius 3 is 2.72 bits per heavy atom. The van der Waals surface area contributed by atoms with Crippen LogP contribution in [0.3, 0.4) is 0 Å². The van der Waals surface area contributed by atoms with Crippen molar-refractivity contribution >= 4 is 21.2 Å². The molecule has 1 N–H and O–H groups in total. The molecule has 0 bridgehead atoms. The Hall–Kier alpha value is -2.42. The summed E-state index contributed by atoms with van der Waals surface area (Å²) in [5.74, 6) is 0. The van der Waals surface area contributed by atoms with E-state index in [4.69, 9.17) is 0 Å². The van der Waals surface area contributed by atoms with E-state index in [2.05, 4.69) is 10.4 Å². The van der Waals surface area contributed by atoms with Crippen molar-refractivity contribution < 1.29 is 13.3 Å². The number of aromatic nitrogens is 2. The van der Waals surface area contributed by atoms with Crippen LogP contribution < -0.4 is 5.32 Å². The van der Waals surface area contributed by atoms with E-state index in [9.17, 15) is 18.5 Å². The molecule has 1 saturated carbocycles. The van der Waals surface area contributed by atoms with Gasteiger partial charge in [-0.3, -0.25) is 14.8 Å². The molecular formula is C16H20N4O4S. The second-order valence-corrected chi connectivity index (χ2v) is 8.28. The van der Waals surface area contributed by atoms with Gasteiger partial charge in [0, 0.05) is 36.4 Å². The second-order valence-electron chi connectivity index (χ2n) is 6.30. The minimum atomic E-state index is -3.70. The van der Waals surface area contributed by atoms with E-state index >= 15 is 0 Å². The third-order valence-electron chi connectivity index (χ3n) is 4.50. The first-order valence-electron chi connectivity index (χ1n) is 8.10. The molecule has 9 heteroatoms. The topological polar surface area (TPSA) is 107 Å². The zero-order chi connectivity index (χ0) is 18.0. The van der Waals surface area contributed by atoms with Gasteiger partial charge in [-0.15, -0.1) is 0 Å². The van der Waals surface area contributed by atoms with Gasteiger partial charge < -0.3 is 5.32 Å². The van der Waals surface area contributed by atoms with Gasteiger partial charge >= 0.3 is 0 Å². The highest BCUT2D eigenvalue weighted by Crippen LogP contribution is 2.32. The lowest BCUT2D eigenvalue weighted by Crippen LogP contribution is -2.34. The van der Waals surface area contributed by atoms with Crippen molar-refractivity contribution in [1.82, 2.24) is 9.78 Å². The monoisotopic (exact) mass is 364 g/mol. The summed E-state index contributed by atoms with van der Waals surface area (Å²) in [4.78, 5) is 10.1. The van der Waals surface area contributed by atoms with E-state index in [1.54, 1.807) is 12.3 Å². The smallest absolute Gasteiger partial charge is 0.288 e. The van der Waals surface area contributed by atoms with Crippen molar-refractivity contribution in [3.8, 4) is 0 Å². The van der Waals surface area contributed by atoms with Crippen LogP contribution in [0.15, 0.2) is 41.6 Å². The molecule has 25 heavy (non-hydrogen) atoms. The van der Waals surface area contributed by atoms with Crippen molar-refractivity contribution in [3.63, 3.8) is 0 Å².